The van der Waals surface area contributed by atoms with Gasteiger partial charge in [-0.15, -0.1) is 0 Å². The Morgan fingerprint density at radius 3 is 2.72 bits per heavy atom. The van der Waals surface area contributed by atoms with Crippen molar-refractivity contribution in [3.8, 4) is 22.9 Å². The highest BCUT2D eigenvalue weighted by atomic mass is 35.5. The largest absolute Gasteiger partial charge is 0.485 e. The van der Waals surface area contributed by atoms with Crippen molar-refractivity contribution in [3.63, 3.8) is 0 Å². The van der Waals surface area contributed by atoms with E-state index >= 15 is 0 Å². The molecule has 0 aliphatic carbocycles. The van der Waals surface area contributed by atoms with Crippen LogP contribution in [0, 0.1) is 11.3 Å². The predicted molar refractivity (Wildman–Crippen MR) is 108 cm³/mol. The highest BCUT2D eigenvalue weighted by molar-refractivity contribution is 6.32. The lowest BCUT2D eigenvalue weighted by atomic mass is 9.99. The molecule has 1 heterocycles. The lowest BCUT2D eigenvalue weighted by molar-refractivity contribution is 0.0827. The molecule has 0 saturated carbocycles. The fourth-order valence-electron chi connectivity index (χ4n) is 2.71. The molecule has 0 saturated heterocycles. The summed E-state index contributed by atoms with van der Waals surface area (Å²) in [5.41, 5.74) is 1.72. The summed E-state index contributed by atoms with van der Waals surface area (Å²) in [7, 11) is 4.93. The second-order valence-electron chi connectivity index (χ2n) is 6.51. The second kappa shape index (κ2) is 8.20. The van der Waals surface area contributed by atoms with Crippen LogP contribution in [0.2, 0.25) is 5.02 Å². The molecule has 1 amide bonds. The van der Waals surface area contributed by atoms with Gasteiger partial charge in [0.15, 0.2) is 5.82 Å². The summed E-state index contributed by atoms with van der Waals surface area (Å²) in [5.74, 6) is 0.659. The summed E-state index contributed by atoms with van der Waals surface area (Å²) in [6.45, 7) is 0.0147. The molecule has 0 fully saturated rings. The van der Waals surface area contributed by atoms with Crippen molar-refractivity contribution in [2.24, 2.45) is 7.05 Å². The number of rotatable bonds is 5. The van der Waals surface area contributed by atoms with Crippen LogP contribution in [-0.2, 0) is 13.7 Å². The molecule has 3 rings (SSSR count). The van der Waals surface area contributed by atoms with Crippen LogP contribution in [0.4, 0.5) is 0 Å². The SMILES string of the molecule is CN(C)C(=O)c1cccc(-c2cc(C#N)c(Cl)cc2OCc2n[nH]c(=O)n2C)c1. The third-order valence-electron chi connectivity index (χ3n) is 4.35. The zero-order valence-corrected chi connectivity index (χ0v) is 16.8. The average Bonchev–Trinajstić information content (AvgIpc) is 3.03. The number of nitrogens with one attached hydrogen (secondary N) is 1. The average molecular weight is 412 g/mol. The number of aromatic nitrogens is 3. The summed E-state index contributed by atoms with van der Waals surface area (Å²) in [4.78, 5) is 25.3. The molecular weight excluding hydrogens is 394 g/mol. The molecule has 0 bridgehead atoms. The number of carbonyl (C=O) groups excluding carboxylic acids is 1. The fourth-order valence-corrected chi connectivity index (χ4v) is 2.91. The predicted octanol–water partition coefficient (Wildman–Crippen LogP) is 2.58. The number of hydrogen-bond donors (Lipinski definition) is 1. The van der Waals surface area contributed by atoms with E-state index in [4.69, 9.17) is 16.3 Å². The van der Waals surface area contributed by atoms with Gasteiger partial charge in [0.05, 0.1) is 10.6 Å². The number of ether oxygens (including phenoxy) is 1. The maximum atomic E-state index is 12.3. The molecule has 0 aliphatic heterocycles. The molecule has 2 aromatic carbocycles. The zero-order valence-electron chi connectivity index (χ0n) is 16.1. The van der Waals surface area contributed by atoms with Crippen LogP contribution < -0.4 is 10.4 Å². The third kappa shape index (κ3) is 4.15. The second-order valence-corrected chi connectivity index (χ2v) is 6.92. The summed E-state index contributed by atoms with van der Waals surface area (Å²) < 4.78 is 7.20. The minimum Gasteiger partial charge on any atom is -0.485 e. The minimum absolute atomic E-state index is 0.0147. The maximum absolute atomic E-state index is 12.3. The van der Waals surface area contributed by atoms with Gasteiger partial charge in [0.1, 0.15) is 18.4 Å². The van der Waals surface area contributed by atoms with E-state index in [1.807, 2.05) is 12.1 Å². The van der Waals surface area contributed by atoms with Crippen molar-refractivity contribution >= 4 is 17.5 Å². The van der Waals surface area contributed by atoms with Gasteiger partial charge in [0, 0.05) is 38.3 Å². The number of H-pyrrole nitrogens is 1. The number of nitrogens with zero attached hydrogens (tertiary/aromatic N) is 4. The molecule has 1 aromatic heterocycles. The number of hydrogen-bond acceptors (Lipinski definition) is 5. The smallest absolute Gasteiger partial charge is 0.343 e. The van der Waals surface area contributed by atoms with Gasteiger partial charge in [-0.05, 0) is 23.8 Å². The van der Waals surface area contributed by atoms with Crippen LogP contribution in [0.3, 0.4) is 0 Å². The summed E-state index contributed by atoms with van der Waals surface area (Å²) in [6.07, 6.45) is 0. The Balaban J connectivity index is 2.04. The summed E-state index contributed by atoms with van der Waals surface area (Å²) in [6, 6.07) is 12.2. The van der Waals surface area contributed by atoms with Crippen LogP contribution in [0.15, 0.2) is 41.2 Å². The maximum Gasteiger partial charge on any atom is 0.343 e. The van der Waals surface area contributed by atoms with Crippen molar-refractivity contribution < 1.29 is 9.53 Å². The third-order valence-corrected chi connectivity index (χ3v) is 4.66. The van der Waals surface area contributed by atoms with Gasteiger partial charge >= 0.3 is 5.69 Å². The molecule has 8 nitrogen and oxygen atoms in total. The quantitative estimate of drug-likeness (QED) is 0.694. The van der Waals surface area contributed by atoms with Gasteiger partial charge in [-0.25, -0.2) is 9.89 Å². The molecule has 0 radical (unpaired) electrons. The fraction of sp³-hybridized carbons (Fsp3) is 0.200. The van der Waals surface area contributed by atoms with Crippen LogP contribution >= 0.6 is 11.6 Å². The normalized spacial score (nSPS) is 10.4. The van der Waals surface area contributed by atoms with Gasteiger partial charge in [-0.1, -0.05) is 23.7 Å². The monoisotopic (exact) mass is 411 g/mol. The van der Waals surface area contributed by atoms with Crippen LogP contribution in [0.25, 0.3) is 11.1 Å². The number of aromatic amines is 1. The van der Waals surface area contributed by atoms with Gasteiger partial charge in [-0.2, -0.15) is 10.4 Å². The van der Waals surface area contributed by atoms with Gasteiger partial charge in [0.25, 0.3) is 5.91 Å². The van der Waals surface area contributed by atoms with E-state index in [2.05, 4.69) is 10.2 Å². The van der Waals surface area contributed by atoms with Gasteiger partial charge in [-0.3, -0.25) is 9.36 Å². The van der Waals surface area contributed by atoms with Crippen molar-refractivity contribution in [1.82, 2.24) is 19.7 Å². The Morgan fingerprint density at radius 2 is 2.10 bits per heavy atom. The topological polar surface area (TPSA) is 104 Å². The molecule has 148 valence electrons. The summed E-state index contributed by atoms with van der Waals surface area (Å²) in [5, 5.41) is 15.9. The number of amides is 1. The molecule has 1 N–H and O–H groups in total. The first-order chi connectivity index (χ1) is 13.8. The van der Waals surface area contributed by atoms with Crippen LogP contribution in [0.5, 0.6) is 5.75 Å². The van der Waals surface area contributed by atoms with E-state index < -0.39 is 0 Å². The van der Waals surface area contributed by atoms with E-state index in [9.17, 15) is 14.9 Å². The highest BCUT2D eigenvalue weighted by Gasteiger charge is 2.16. The summed E-state index contributed by atoms with van der Waals surface area (Å²) >= 11 is 6.19. The molecular formula is C20H18ClN5O3. The van der Waals surface area contributed by atoms with E-state index in [1.54, 1.807) is 51.5 Å². The van der Waals surface area contributed by atoms with Crippen molar-refractivity contribution in [1.29, 1.82) is 5.26 Å². The molecule has 0 unspecified atom stereocenters. The van der Waals surface area contributed by atoms with E-state index in [0.717, 1.165) is 0 Å². The van der Waals surface area contributed by atoms with Crippen molar-refractivity contribution in [3.05, 3.63) is 68.9 Å². The lowest BCUT2D eigenvalue weighted by Crippen LogP contribution is -2.21. The Bertz CT molecular complexity index is 1170. The van der Waals surface area contributed by atoms with Gasteiger partial charge in [0.2, 0.25) is 0 Å². The number of nitriles is 1. The number of halogens is 1. The minimum atomic E-state index is -0.350. The van der Waals surface area contributed by atoms with Crippen molar-refractivity contribution in [2.45, 2.75) is 6.61 Å². The molecule has 3 aromatic rings. The van der Waals surface area contributed by atoms with Crippen molar-refractivity contribution in [2.75, 3.05) is 14.1 Å². The number of carbonyl (C=O) groups is 1. The van der Waals surface area contributed by atoms with E-state index in [1.165, 1.54) is 9.47 Å². The standard InChI is InChI=1S/C20H18ClN5O3/c1-25(2)19(27)13-6-4-5-12(7-13)15-8-14(10-22)16(21)9-17(15)29-11-18-23-24-20(28)26(18)3/h4-9H,11H2,1-3H3,(H,24,28). The van der Waals surface area contributed by atoms with Crippen LogP contribution in [0.1, 0.15) is 21.7 Å². The first-order valence-corrected chi connectivity index (χ1v) is 8.98. The van der Waals surface area contributed by atoms with Gasteiger partial charge < -0.3 is 9.64 Å². The molecule has 0 aliphatic rings. The molecule has 0 atom stereocenters. The number of benzene rings is 2. The Morgan fingerprint density at radius 1 is 1.34 bits per heavy atom. The Labute approximate surface area is 171 Å². The zero-order chi connectivity index (χ0) is 21.1. The Kier molecular flexibility index (Phi) is 5.71. The first-order valence-electron chi connectivity index (χ1n) is 8.60. The molecule has 0 spiro atoms. The first kappa shape index (κ1) is 20.2. The highest BCUT2D eigenvalue weighted by Crippen LogP contribution is 2.35. The van der Waals surface area contributed by atoms with E-state index in [-0.39, 0.29) is 28.8 Å². The van der Waals surface area contributed by atoms with Crippen LogP contribution in [-0.4, -0.2) is 39.7 Å². The molecule has 29 heavy (non-hydrogen) atoms. The molecule has 9 heteroatoms. The lowest BCUT2D eigenvalue weighted by Gasteiger charge is -2.15. The Hall–Kier alpha value is -3.57. The van der Waals surface area contributed by atoms with E-state index in [0.29, 0.717) is 28.3 Å².